The Hall–Kier alpha value is -0.270. The molecule has 1 fully saturated rings. The molecule has 0 unspecified atom stereocenters. The van der Waals surface area contributed by atoms with E-state index >= 15 is 0 Å². The number of hydroxylamine groups is 1. The van der Waals surface area contributed by atoms with Gasteiger partial charge in [0, 0.05) is 0 Å². The number of ether oxygens (including phenoxy) is 1. The van der Waals surface area contributed by atoms with Crippen molar-refractivity contribution >= 4 is 0 Å². The maximum absolute atomic E-state index is 12.7. The van der Waals surface area contributed by atoms with Crippen molar-refractivity contribution in [1.82, 2.24) is 5.48 Å². The normalized spacial score (nSPS) is 44.7. The van der Waals surface area contributed by atoms with Crippen molar-refractivity contribution in [2.24, 2.45) is 0 Å². The highest BCUT2D eigenvalue weighted by Crippen LogP contribution is 2.21. The van der Waals surface area contributed by atoms with Crippen LogP contribution < -0.4 is 5.48 Å². The first-order valence-electron chi connectivity index (χ1n) is 3.18. The summed E-state index contributed by atoms with van der Waals surface area (Å²) >= 11 is 0. The van der Waals surface area contributed by atoms with Crippen molar-refractivity contribution in [3.8, 4) is 0 Å². The molecule has 1 heterocycles. The second-order valence-electron chi connectivity index (χ2n) is 2.34. The van der Waals surface area contributed by atoms with Crippen molar-refractivity contribution in [2.75, 3.05) is 6.61 Å². The van der Waals surface area contributed by atoms with E-state index in [0.717, 1.165) is 0 Å². The van der Waals surface area contributed by atoms with E-state index in [0.29, 0.717) is 0 Å². The van der Waals surface area contributed by atoms with Gasteiger partial charge in [-0.2, -0.15) is 5.48 Å². The van der Waals surface area contributed by atoms with E-state index in [-0.39, 0.29) is 0 Å². The van der Waals surface area contributed by atoms with Gasteiger partial charge >= 0.3 is 0 Å². The molecule has 1 aliphatic rings. The van der Waals surface area contributed by atoms with Gasteiger partial charge < -0.3 is 20.2 Å². The summed E-state index contributed by atoms with van der Waals surface area (Å²) in [5.41, 5.74) is 1.59. The lowest BCUT2D eigenvalue weighted by Gasteiger charge is -2.10. The van der Waals surface area contributed by atoms with Gasteiger partial charge in [-0.3, -0.25) is 0 Å². The van der Waals surface area contributed by atoms with E-state index in [1.165, 1.54) is 0 Å². The molecule has 0 amide bonds. The summed E-state index contributed by atoms with van der Waals surface area (Å²) in [6.07, 6.45) is -5.31. The minimum absolute atomic E-state index is 0.517. The van der Waals surface area contributed by atoms with Crippen LogP contribution >= 0.6 is 0 Å². The average molecular weight is 167 g/mol. The van der Waals surface area contributed by atoms with Crippen LogP contribution in [0.2, 0.25) is 0 Å². The van der Waals surface area contributed by atoms with E-state index in [2.05, 4.69) is 4.74 Å². The summed E-state index contributed by atoms with van der Waals surface area (Å²) in [5.74, 6) is 0. The van der Waals surface area contributed by atoms with Crippen LogP contribution in [-0.4, -0.2) is 46.6 Å². The maximum Gasteiger partial charge on any atom is 0.159 e. The SMILES string of the molecule is OC[C@H]1O[C@@H](NO)[C@@H](O)[C@H]1F. The molecule has 6 heteroatoms. The third-order valence-electron chi connectivity index (χ3n) is 1.62. The molecular formula is C5H10FNO4. The highest BCUT2D eigenvalue weighted by Gasteiger charge is 2.43. The number of alkyl halides is 1. The number of hydrogen-bond acceptors (Lipinski definition) is 5. The van der Waals surface area contributed by atoms with E-state index in [1.54, 1.807) is 5.48 Å². The molecule has 0 aromatic rings. The molecule has 0 saturated carbocycles. The van der Waals surface area contributed by atoms with Gasteiger partial charge in [0.2, 0.25) is 0 Å². The molecule has 11 heavy (non-hydrogen) atoms. The second-order valence-corrected chi connectivity index (χ2v) is 2.34. The van der Waals surface area contributed by atoms with Gasteiger partial charge in [0.05, 0.1) is 6.61 Å². The summed E-state index contributed by atoms with van der Waals surface area (Å²) in [7, 11) is 0. The lowest BCUT2D eigenvalue weighted by Crippen LogP contribution is -2.37. The van der Waals surface area contributed by atoms with Crippen LogP contribution in [0.4, 0.5) is 4.39 Å². The Kier molecular flexibility index (Phi) is 2.74. The zero-order valence-electron chi connectivity index (χ0n) is 5.64. The van der Waals surface area contributed by atoms with E-state index < -0.39 is 31.2 Å². The standard InChI is InChI=1S/C5H10FNO4/c6-3-2(1-8)11-5(7-10)4(3)9/h2-5,7-10H,1H2/t2-,3+,4+,5-/m1/s1. The first kappa shape index (κ1) is 8.82. The summed E-state index contributed by atoms with van der Waals surface area (Å²) in [4.78, 5) is 0. The Morgan fingerprint density at radius 1 is 1.55 bits per heavy atom. The van der Waals surface area contributed by atoms with Crippen molar-refractivity contribution in [2.45, 2.75) is 24.6 Å². The van der Waals surface area contributed by atoms with E-state index in [9.17, 15) is 4.39 Å². The smallest absolute Gasteiger partial charge is 0.159 e. The lowest BCUT2D eigenvalue weighted by molar-refractivity contribution is -0.0866. The summed E-state index contributed by atoms with van der Waals surface area (Å²) in [6.45, 7) is -0.517. The highest BCUT2D eigenvalue weighted by atomic mass is 19.1. The number of nitrogens with one attached hydrogen (secondary N) is 1. The monoisotopic (exact) mass is 167 g/mol. The molecule has 0 aliphatic carbocycles. The first-order valence-corrected chi connectivity index (χ1v) is 3.18. The molecule has 1 saturated heterocycles. The van der Waals surface area contributed by atoms with Crippen molar-refractivity contribution in [3.63, 3.8) is 0 Å². The number of halogens is 1. The Labute approximate surface area is 62.4 Å². The molecule has 5 nitrogen and oxygen atoms in total. The molecule has 66 valence electrons. The number of rotatable bonds is 2. The van der Waals surface area contributed by atoms with Gasteiger partial charge in [0.25, 0.3) is 0 Å². The minimum atomic E-state index is -1.66. The number of aliphatic hydroxyl groups is 2. The van der Waals surface area contributed by atoms with Crippen LogP contribution in [0.5, 0.6) is 0 Å². The molecule has 0 aromatic heterocycles. The van der Waals surface area contributed by atoms with Gasteiger partial charge in [-0.15, -0.1) is 0 Å². The quantitative estimate of drug-likeness (QED) is 0.372. The number of aliphatic hydroxyl groups excluding tert-OH is 2. The van der Waals surface area contributed by atoms with Crippen LogP contribution in [0.3, 0.4) is 0 Å². The summed E-state index contributed by atoms with van der Waals surface area (Å²) in [5, 5.41) is 25.7. The van der Waals surface area contributed by atoms with Crippen LogP contribution in [0.25, 0.3) is 0 Å². The molecule has 4 N–H and O–H groups in total. The van der Waals surface area contributed by atoms with Crippen LogP contribution in [0.15, 0.2) is 0 Å². The minimum Gasteiger partial charge on any atom is -0.394 e. The van der Waals surface area contributed by atoms with Crippen LogP contribution in [0.1, 0.15) is 0 Å². The van der Waals surface area contributed by atoms with Crippen molar-refractivity contribution in [3.05, 3.63) is 0 Å². The predicted molar refractivity (Wildman–Crippen MR) is 31.6 cm³/mol. The Bertz CT molecular complexity index is 118. The van der Waals surface area contributed by atoms with Gasteiger partial charge in [-0.05, 0) is 0 Å². The lowest BCUT2D eigenvalue weighted by atomic mass is 10.2. The highest BCUT2D eigenvalue weighted by molar-refractivity contribution is 4.87. The van der Waals surface area contributed by atoms with Gasteiger partial charge in [0.1, 0.15) is 12.2 Å². The fourth-order valence-corrected chi connectivity index (χ4v) is 0.981. The Balaban J connectivity index is 2.53. The van der Waals surface area contributed by atoms with Crippen LogP contribution in [0, 0.1) is 0 Å². The fourth-order valence-electron chi connectivity index (χ4n) is 0.981. The molecule has 1 rings (SSSR count). The molecule has 0 spiro atoms. The Morgan fingerprint density at radius 2 is 2.18 bits per heavy atom. The van der Waals surface area contributed by atoms with E-state index in [4.69, 9.17) is 15.4 Å². The molecular weight excluding hydrogens is 157 g/mol. The summed E-state index contributed by atoms with van der Waals surface area (Å²) < 4.78 is 17.4. The van der Waals surface area contributed by atoms with Gasteiger partial charge in [-0.25, -0.2) is 4.39 Å². The van der Waals surface area contributed by atoms with Crippen molar-refractivity contribution < 1.29 is 24.5 Å². The third-order valence-corrected chi connectivity index (χ3v) is 1.62. The molecule has 1 aliphatic heterocycles. The van der Waals surface area contributed by atoms with Crippen LogP contribution in [-0.2, 0) is 4.74 Å². The predicted octanol–water partition coefficient (Wildman–Crippen LogP) is -1.62. The zero-order chi connectivity index (χ0) is 8.43. The van der Waals surface area contributed by atoms with Gasteiger partial charge in [0.15, 0.2) is 12.4 Å². The molecule has 0 bridgehead atoms. The second kappa shape index (κ2) is 3.42. The largest absolute Gasteiger partial charge is 0.394 e. The molecule has 4 atom stereocenters. The third kappa shape index (κ3) is 1.49. The van der Waals surface area contributed by atoms with Crippen molar-refractivity contribution in [1.29, 1.82) is 0 Å². The molecule has 0 aromatic carbocycles. The fraction of sp³-hybridized carbons (Fsp3) is 1.00. The molecule has 0 radical (unpaired) electrons. The van der Waals surface area contributed by atoms with Gasteiger partial charge in [-0.1, -0.05) is 0 Å². The first-order chi connectivity index (χ1) is 5.20. The topological polar surface area (TPSA) is 82.0 Å². The van der Waals surface area contributed by atoms with E-state index in [1.807, 2.05) is 0 Å². The maximum atomic E-state index is 12.7. The zero-order valence-corrected chi connectivity index (χ0v) is 5.64. The average Bonchev–Trinajstić information content (AvgIpc) is 2.30. The Morgan fingerprint density at radius 3 is 2.45 bits per heavy atom. The number of hydrogen-bond donors (Lipinski definition) is 4. The summed E-state index contributed by atoms with van der Waals surface area (Å²) in [6, 6.07) is 0.